The third kappa shape index (κ3) is 2.77. The molecule has 1 aromatic carbocycles. The Morgan fingerprint density at radius 3 is 2.50 bits per heavy atom. The number of hydrogen-bond acceptors (Lipinski definition) is 4. The lowest BCUT2D eigenvalue weighted by molar-refractivity contribution is 0.0871. The molecule has 0 fully saturated rings. The maximum atomic E-state index is 12.4. The minimum atomic E-state index is -0.0956. The molecule has 22 heavy (non-hydrogen) atoms. The van der Waals surface area contributed by atoms with E-state index in [0.29, 0.717) is 17.9 Å². The predicted molar refractivity (Wildman–Crippen MR) is 84.3 cm³/mol. The summed E-state index contributed by atoms with van der Waals surface area (Å²) in [7, 11) is 0. The molecule has 1 aliphatic rings. The van der Waals surface area contributed by atoms with Crippen molar-refractivity contribution in [3.63, 3.8) is 0 Å². The number of ether oxygens (including phenoxy) is 1. The fraction of sp³-hybridized carbons (Fsp3) is 0.278. The van der Waals surface area contributed by atoms with Gasteiger partial charge in [-0.1, -0.05) is 45.0 Å². The number of rotatable bonds is 1. The lowest BCUT2D eigenvalue weighted by Gasteiger charge is -2.19. The normalized spacial score (nSPS) is 16.3. The monoisotopic (exact) mass is 294 g/mol. The number of aromatic nitrogens is 2. The third-order valence-electron chi connectivity index (χ3n) is 3.51. The number of allylic oxidation sites excluding steroid dienone is 1. The SMILES string of the molecule is CC(C)(C)c1ncc(/C=C2/OCc3ccccc3C2=O)cn1. The Labute approximate surface area is 129 Å². The number of carbonyl (C=O) groups excluding carboxylic acids is 1. The van der Waals surface area contributed by atoms with Gasteiger partial charge in [0, 0.05) is 34.5 Å². The molecule has 4 nitrogen and oxygen atoms in total. The number of benzene rings is 1. The van der Waals surface area contributed by atoms with Crippen LogP contribution < -0.4 is 0 Å². The van der Waals surface area contributed by atoms with Crippen LogP contribution in [0.1, 0.15) is 48.1 Å². The molecular formula is C18H18N2O2. The average Bonchev–Trinajstić information content (AvgIpc) is 2.50. The van der Waals surface area contributed by atoms with Gasteiger partial charge >= 0.3 is 0 Å². The van der Waals surface area contributed by atoms with Crippen LogP contribution >= 0.6 is 0 Å². The minimum absolute atomic E-state index is 0.0955. The fourth-order valence-electron chi connectivity index (χ4n) is 2.28. The lowest BCUT2D eigenvalue weighted by Crippen LogP contribution is -2.17. The van der Waals surface area contributed by atoms with Crippen molar-refractivity contribution in [1.82, 2.24) is 9.97 Å². The first kappa shape index (κ1) is 14.4. The first-order chi connectivity index (χ1) is 10.4. The zero-order valence-electron chi connectivity index (χ0n) is 13.0. The first-order valence-electron chi connectivity index (χ1n) is 7.25. The topological polar surface area (TPSA) is 52.1 Å². The standard InChI is InChI=1S/C18H18N2O2/c1-18(2,3)17-19-9-12(10-20-17)8-15-16(21)14-7-5-4-6-13(14)11-22-15/h4-10H,11H2,1-3H3/b15-8+. The Bertz CT molecular complexity index is 740. The van der Waals surface area contributed by atoms with Crippen molar-refractivity contribution in [1.29, 1.82) is 0 Å². The van der Waals surface area contributed by atoms with E-state index in [4.69, 9.17) is 4.74 Å². The molecule has 0 saturated carbocycles. The maximum Gasteiger partial charge on any atom is 0.227 e. The summed E-state index contributed by atoms with van der Waals surface area (Å²) in [5, 5.41) is 0. The average molecular weight is 294 g/mol. The molecular weight excluding hydrogens is 276 g/mol. The highest BCUT2D eigenvalue weighted by Gasteiger charge is 2.23. The van der Waals surface area contributed by atoms with Gasteiger partial charge in [0.15, 0.2) is 5.76 Å². The Hall–Kier alpha value is -2.49. The molecule has 0 atom stereocenters. The van der Waals surface area contributed by atoms with Crippen molar-refractivity contribution < 1.29 is 9.53 Å². The summed E-state index contributed by atoms with van der Waals surface area (Å²) in [6.45, 7) is 6.59. The van der Waals surface area contributed by atoms with Gasteiger partial charge in [-0.05, 0) is 6.08 Å². The first-order valence-corrected chi connectivity index (χ1v) is 7.25. The van der Waals surface area contributed by atoms with E-state index in [1.54, 1.807) is 18.5 Å². The van der Waals surface area contributed by atoms with Crippen LogP contribution in [0.5, 0.6) is 0 Å². The molecule has 112 valence electrons. The summed E-state index contributed by atoms with van der Waals surface area (Å²) in [5.41, 5.74) is 2.29. The molecule has 0 radical (unpaired) electrons. The summed E-state index contributed by atoms with van der Waals surface area (Å²) in [6.07, 6.45) is 5.14. The van der Waals surface area contributed by atoms with Crippen LogP contribution in [-0.2, 0) is 16.8 Å². The van der Waals surface area contributed by atoms with Gasteiger partial charge in [0.1, 0.15) is 12.4 Å². The zero-order valence-corrected chi connectivity index (χ0v) is 13.0. The van der Waals surface area contributed by atoms with Crippen LogP contribution in [0.25, 0.3) is 6.08 Å². The molecule has 0 spiro atoms. The second-order valence-corrected chi connectivity index (χ2v) is 6.37. The van der Waals surface area contributed by atoms with E-state index in [9.17, 15) is 4.79 Å². The number of nitrogens with zero attached hydrogens (tertiary/aromatic N) is 2. The highest BCUT2D eigenvalue weighted by molar-refractivity contribution is 6.11. The van der Waals surface area contributed by atoms with Gasteiger partial charge in [0.25, 0.3) is 0 Å². The summed E-state index contributed by atoms with van der Waals surface area (Å²) < 4.78 is 5.57. The number of fused-ring (bicyclic) bond motifs is 1. The largest absolute Gasteiger partial charge is 0.485 e. The van der Waals surface area contributed by atoms with E-state index in [0.717, 1.165) is 17.0 Å². The second-order valence-electron chi connectivity index (χ2n) is 6.37. The molecule has 0 aliphatic carbocycles. The van der Waals surface area contributed by atoms with Gasteiger partial charge in [0.2, 0.25) is 5.78 Å². The number of hydrogen-bond donors (Lipinski definition) is 0. The number of Topliss-reactive ketones (excluding diaryl/α,β-unsaturated/α-hetero) is 1. The van der Waals surface area contributed by atoms with Crippen molar-refractivity contribution >= 4 is 11.9 Å². The van der Waals surface area contributed by atoms with Gasteiger partial charge in [0.05, 0.1) is 0 Å². The van der Waals surface area contributed by atoms with E-state index in [-0.39, 0.29) is 11.2 Å². The maximum absolute atomic E-state index is 12.4. The van der Waals surface area contributed by atoms with Crippen LogP contribution in [0, 0.1) is 0 Å². The Morgan fingerprint density at radius 2 is 1.82 bits per heavy atom. The van der Waals surface area contributed by atoms with E-state index in [1.165, 1.54) is 0 Å². The molecule has 0 unspecified atom stereocenters. The third-order valence-corrected chi connectivity index (χ3v) is 3.51. The van der Waals surface area contributed by atoms with Crippen molar-refractivity contribution in [3.8, 4) is 0 Å². The Morgan fingerprint density at radius 1 is 1.14 bits per heavy atom. The van der Waals surface area contributed by atoms with E-state index in [2.05, 4.69) is 30.7 Å². The predicted octanol–water partition coefficient (Wildman–Crippen LogP) is 3.53. The molecule has 1 aromatic heterocycles. The number of carbonyl (C=O) groups is 1. The van der Waals surface area contributed by atoms with Gasteiger partial charge in [-0.15, -0.1) is 0 Å². The van der Waals surface area contributed by atoms with Gasteiger partial charge < -0.3 is 4.74 Å². The fourth-order valence-corrected chi connectivity index (χ4v) is 2.28. The molecule has 0 saturated heterocycles. The van der Waals surface area contributed by atoms with E-state index < -0.39 is 0 Å². The highest BCUT2D eigenvalue weighted by Crippen LogP contribution is 2.24. The molecule has 0 amide bonds. The van der Waals surface area contributed by atoms with Gasteiger partial charge in [-0.3, -0.25) is 4.79 Å². The summed E-state index contributed by atoms with van der Waals surface area (Å²) in [6, 6.07) is 7.50. The van der Waals surface area contributed by atoms with Crippen molar-refractivity contribution in [2.45, 2.75) is 32.8 Å². The summed E-state index contributed by atoms with van der Waals surface area (Å²) >= 11 is 0. The zero-order chi connectivity index (χ0) is 15.7. The summed E-state index contributed by atoms with van der Waals surface area (Å²) in [5.74, 6) is 1.02. The van der Waals surface area contributed by atoms with Gasteiger partial charge in [-0.25, -0.2) is 9.97 Å². The van der Waals surface area contributed by atoms with Crippen molar-refractivity contribution in [2.24, 2.45) is 0 Å². The van der Waals surface area contributed by atoms with Gasteiger partial charge in [-0.2, -0.15) is 0 Å². The quantitative estimate of drug-likeness (QED) is 0.755. The molecule has 0 bridgehead atoms. The minimum Gasteiger partial charge on any atom is -0.485 e. The lowest BCUT2D eigenvalue weighted by atomic mass is 9.95. The van der Waals surface area contributed by atoms with Crippen molar-refractivity contribution in [3.05, 3.63) is 64.9 Å². The van der Waals surface area contributed by atoms with E-state index >= 15 is 0 Å². The van der Waals surface area contributed by atoms with Crippen LogP contribution in [0.4, 0.5) is 0 Å². The Balaban J connectivity index is 1.89. The second kappa shape index (κ2) is 5.37. The number of ketones is 1. The van der Waals surface area contributed by atoms with Crippen LogP contribution in [0.15, 0.2) is 42.4 Å². The van der Waals surface area contributed by atoms with Crippen molar-refractivity contribution in [2.75, 3.05) is 0 Å². The molecule has 2 heterocycles. The Kier molecular flexibility index (Phi) is 3.53. The smallest absolute Gasteiger partial charge is 0.227 e. The summed E-state index contributed by atoms with van der Waals surface area (Å²) in [4.78, 5) is 21.1. The highest BCUT2D eigenvalue weighted by atomic mass is 16.5. The molecule has 3 rings (SSSR count). The van der Waals surface area contributed by atoms with Crippen LogP contribution in [0.2, 0.25) is 0 Å². The molecule has 1 aliphatic heterocycles. The molecule has 4 heteroatoms. The van der Waals surface area contributed by atoms with Crippen LogP contribution in [-0.4, -0.2) is 15.8 Å². The molecule has 0 N–H and O–H groups in total. The van der Waals surface area contributed by atoms with Crippen LogP contribution in [0.3, 0.4) is 0 Å². The molecule has 2 aromatic rings. The van der Waals surface area contributed by atoms with E-state index in [1.807, 2.05) is 24.3 Å².